The average molecular weight is 439 g/mol. The third kappa shape index (κ3) is 5.23. The van der Waals surface area contributed by atoms with Crippen molar-refractivity contribution < 1.29 is 9.53 Å². The maximum absolute atomic E-state index is 12.3. The van der Waals surface area contributed by atoms with Crippen molar-refractivity contribution in [3.05, 3.63) is 34.6 Å². The van der Waals surface area contributed by atoms with Crippen LogP contribution in [-0.2, 0) is 17.8 Å². The molecule has 26 heavy (non-hydrogen) atoms. The molecule has 1 amide bonds. The van der Waals surface area contributed by atoms with Crippen LogP contribution >= 0.6 is 27.7 Å². The Balaban J connectivity index is 1.43. The fourth-order valence-electron chi connectivity index (χ4n) is 2.76. The second-order valence-corrected chi connectivity index (χ2v) is 8.13. The molecule has 3 rings (SSSR count). The Morgan fingerprint density at radius 2 is 2.08 bits per heavy atom. The SMILES string of the molecule is CN(CCOc1ccc(Br)cc1)C(=O)CSc1nnc2n1CCCCC2. The van der Waals surface area contributed by atoms with E-state index in [9.17, 15) is 4.79 Å². The Kier molecular flexibility index (Phi) is 6.96. The predicted octanol–water partition coefficient (Wildman–Crippen LogP) is 3.40. The first kappa shape index (κ1) is 19.2. The highest BCUT2D eigenvalue weighted by molar-refractivity contribution is 9.10. The summed E-state index contributed by atoms with van der Waals surface area (Å²) in [6.07, 6.45) is 4.53. The molecule has 8 heteroatoms. The third-order valence-electron chi connectivity index (χ3n) is 4.34. The van der Waals surface area contributed by atoms with Gasteiger partial charge in [-0.3, -0.25) is 4.79 Å². The van der Waals surface area contributed by atoms with Crippen molar-refractivity contribution in [2.24, 2.45) is 0 Å². The first-order valence-corrected chi connectivity index (χ1v) is 10.6. The summed E-state index contributed by atoms with van der Waals surface area (Å²) in [7, 11) is 1.80. The summed E-state index contributed by atoms with van der Waals surface area (Å²) in [5.74, 6) is 2.29. The summed E-state index contributed by atoms with van der Waals surface area (Å²) < 4.78 is 8.86. The second kappa shape index (κ2) is 9.41. The fourth-order valence-corrected chi connectivity index (χ4v) is 3.95. The van der Waals surface area contributed by atoms with Crippen LogP contribution in [0.4, 0.5) is 0 Å². The number of amides is 1. The van der Waals surface area contributed by atoms with Crippen molar-refractivity contribution in [2.75, 3.05) is 26.0 Å². The van der Waals surface area contributed by atoms with Crippen molar-refractivity contribution in [1.29, 1.82) is 0 Å². The molecule has 0 saturated carbocycles. The number of aromatic nitrogens is 3. The molecule has 0 aliphatic carbocycles. The summed E-state index contributed by atoms with van der Waals surface area (Å²) in [5.41, 5.74) is 0. The van der Waals surface area contributed by atoms with E-state index in [0.717, 1.165) is 40.6 Å². The minimum absolute atomic E-state index is 0.0698. The molecule has 140 valence electrons. The van der Waals surface area contributed by atoms with E-state index >= 15 is 0 Å². The molecule has 0 N–H and O–H groups in total. The van der Waals surface area contributed by atoms with Crippen molar-refractivity contribution in [3.8, 4) is 5.75 Å². The molecule has 1 aromatic heterocycles. The molecule has 0 radical (unpaired) electrons. The van der Waals surface area contributed by atoms with E-state index in [4.69, 9.17) is 4.74 Å². The van der Waals surface area contributed by atoms with Gasteiger partial charge in [-0.25, -0.2) is 0 Å². The van der Waals surface area contributed by atoms with E-state index in [1.54, 1.807) is 11.9 Å². The Bertz CT molecular complexity index is 735. The van der Waals surface area contributed by atoms with E-state index < -0.39 is 0 Å². The highest BCUT2D eigenvalue weighted by Gasteiger charge is 2.17. The predicted molar refractivity (Wildman–Crippen MR) is 106 cm³/mol. The zero-order chi connectivity index (χ0) is 18.4. The number of aryl methyl sites for hydroxylation is 1. The van der Waals surface area contributed by atoms with Crippen LogP contribution in [0.15, 0.2) is 33.9 Å². The van der Waals surface area contributed by atoms with Crippen LogP contribution in [0.25, 0.3) is 0 Å². The molecule has 2 aromatic rings. The van der Waals surface area contributed by atoms with Crippen LogP contribution in [0.2, 0.25) is 0 Å². The van der Waals surface area contributed by atoms with Gasteiger partial charge in [-0.15, -0.1) is 10.2 Å². The molecule has 6 nitrogen and oxygen atoms in total. The van der Waals surface area contributed by atoms with Crippen LogP contribution in [0.5, 0.6) is 5.75 Å². The molecule has 0 unspecified atom stereocenters. The number of nitrogens with zero attached hydrogens (tertiary/aromatic N) is 4. The van der Waals surface area contributed by atoms with E-state index in [1.165, 1.54) is 24.6 Å². The lowest BCUT2D eigenvalue weighted by Gasteiger charge is -2.17. The molecule has 1 aliphatic heterocycles. The Morgan fingerprint density at radius 1 is 1.27 bits per heavy atom. The molecule has 1 aromatic carbocycles. The van der Waals surface area contributed by atoms with Gasteiger partial charge in [-0.05, 0) is 37.1 Å². The molecule has 1 aliphatic rings. The molecule has 0 bridgehead atoms. The molecular formula is C18H23BrN4O2S. The van der Waals surface area contributed by atoms with Crippen LogP contribution in [0, 0.1) is 0 Å². The number of rotatable bonds is 7. The van der Waals surface area contributed by atoms with Crippen molar-refractivity contribution in [1.82, 2.24) is 19.7 Å². The quantitative estimate of drug-likeness (QED) is 0.619. The lowest BCUT2D eigenvalue weighted by molar-refractivity contribution is -0.127. The monoisotopic (exact) mass is 438 g/mol. The number of ether oxygens (including phenoxy) is 1. The van der Waals surface area contributed by atoms with Gasteiger partial charge in [-0.2, -0.15) is 0 Å². The minimum Gasteiger partial charge on any atom is -0.492 e. The van der Waals surface area contributed by atoms with Gasteiger partial charge in [0.05, 0.1) is 12.3 Å². The van der Waals surface area contributed by atoms with Crippen LogP contribution in [0.1, 0.15) is 25.1 Å². The lowest BCUT2D eigenvalue weighted by atomic mass is 10.2. The number of benzene rings is 1. The number of carbonyl (C=O) groups is 1. The third-order valence-corrected chi connectivity index (χ3v) is 5.82. The van der Waals surface area contributed by atoms with Crippen molar-refractivity contribution in [3.63, 3.8) is 0 Å². The Hall–Kier alpha value is -1.54. The van der Waals surface area contributed by atoms with Gasteiger partial charge in [-0.1, -0.05) is 34.1 Å². The first-order chi connectivity index (χ1) is 12.6. The maximum Gasteiger partial charge on any atom is 0.232 e. The van der Waals surface area contributed by atoms with Gasteiger partial charge in [0.25, 0.3) is 0 Å². The molecule has 0 fully saturated rings. The zero-order valence-electron chi connectivity index (χ0n) is 14.9. The average Bonchev–Trinajstić information content (AvgIpc) is 2.87. The van der Waals surface area contributed by atoms with Crippen molar-refractivity contribution in [2.45, 2.75) is 37.4 Å². The van der Waals surface area contributed by atoms with Gasteiger partial charge in [0.1, 0.15) is 18.2 Å². The summed E-state index contributed by atoms with van der Waals surface area (Å²) in [5, 5.41) is 9.39. The summed E-state index contributed by atoms with van der Waals surface area (Å²) in [6.45, 7) is 1.97. The first-order valence-electron chi connectivity index (χ1n) is 8.80. The molecule has 2 heterocycles. The Labute approximate surface area is 166 Å². The van der Waals surface area contributed by atoms with E-state index in [0.29, 0.717) is 18.9 Å². The maximum atomic E-state index is 12.3. The van der Waals surface area contributed by atoms with E-state index in [2.05, 4.69) is 30.7 Å². The number of hydrogen-bond donors (Lipinski definition) is 0. The molecule has 0 spiro atoms. The van der Waals surface area contributed by atoms with Gasteiger partial charge < -0.3 is 14.2 Å². The Morgan fingerprint density at radius 3 is 2.88 bits per heavy atom. The fraction of sp³-hybridized carbons (Fsp3) is 0.500. The van der Waals surface area contributed by atoms with Gasteiger partial charge in [0.15, 0.2) is 5.16 Å². The number of carbonyl (C=O) groups excluding carboxylic acids is 1. The van der Waals surface area contributed by atoms with Gasteiger partial charge in [0.2, 0.25) is 5.91 Å². The van der Waals surface area contributed by atoms with Gasteiger partial charge in [0, 0.05) is 24.5 Å². The molecule has 0 atom stereocenters. The van der Waals surface area contributed by atoms with Gasteiger partial charge >= 0.3 is 0 Å². The van der Waals surface area contributed by atoms with Crippen LogP contribution < -0.4 is 4.74 Å². The number of fused-ring (bicyclic) bond motifs is 1. The second-order valence-electron chi connectivity index (χ2n) is 6.27. The number of hydrogen-bond acceptors (Lipinski definition) is 5. The number of halogens is 1. The zero-order valence-corrected chi connectivity index (χ0v) is 17.3. The van der Waals surface area contributed by atoms with Crippen LogP contribution in [-0.4, -0.2) is 51.5 Å². The summed E-state index contributed by atoms with van der Waals surface area (Å²) >= 11 is 4.87. The topological polar surface area (TPSA) is 60.2 Å². The van der Waals surface area contributed by atoms with E-state index in [-0.39, 0.29) is 5.91 Å². The largest absolute Gasteiger partial charge is 0.492 e. The van der Waals surface area contributed by atoms with E-state index in [1.807, 2.05) is 24.3 Å². The van der Waals surface area contributed by atoms with Crippen molar-refractivity contribution >= 4 is 33.6 Å². The number of likely N-dealkylation sites (N-methyl/N-ethyl adjacent to an activating group) is 1. The van der Waals surface area contributed by atoms with Crippen LogP contribution in [0.3, 0.4) is 0 Å². The smallest absolute Gasteiger partial charge is 0.232 e. The number of thioether (sulfide) groups is 1. The molecular weight excluding hydrogens is 416 g/mol. The standard InChI is InChI=1S/C18H23BrN4O2S/c1-22(11-12-25-15-8-6-14(19)7-9-15)17(24)13-26-18-21-20-16-5-3-2-4-10-23(16)18/h6-9H,2-5,10-13H2,1H3. The minimum atomic E-state index is 0.0698. The summed E-state index contributed by atoms with van der Waals surface area (Å²) in [4.78, 5) is 14.0. The summed E-state index contributed by atoms with van der Waals surface area (Å²) in [6, 6.07) is 7.67. The lowest BCUT2D eigenvalue weighted by Crippen LogP contribution is -2.32. The normalized spacial score (nSPS) is 13.8. The highest BCUT2D eigenvalue weighted by atomic mass is 79.9. The highest BCUT2D eigenvalue weighted by Crippen LogP contribution is 2.22. The molecule has 0 saturated heterocycles.